The van der Waals surface area contributed by atoms with Crippen molar-refractivity contribution in [1.82, 2.24) is 9.97 Å². The zero-order valence-electron chi connectivity index (χ0n) is 14.6. The molecule has 0 aliphatic carbocycles. The van der Waals surface area contributed by atoms with Crippen LogP contribution in [0.4, 0.5) is 11.5 Å². The van der Waals surface area contributed by atoms with Crippen LogP contribution >= 0.6 is 0 Å². The predicted octanol–water partition coefficient (Wildman–Crippen LogP) is 4.15. The van der Waals surface area contributed by atoms with Crippen LogP contribution in [-0.4, -0.2) is 31.3 Å². The van der Waals surface area contributed by atoms with Crippen molar-refractivity contribution in [3.8, 4) is 17.2 Å². The minimum atomic E-state index is 0.556. The summed E-state index contributed by atoms with van der Waals surface area (Å²) in [5, 5.41) is 4.15. The number of hydrogen-bond acceptors (Lipinski definition) is 7. The van der Waals surface area contributed by atoms with Crippen molar-refractivity contribution in [3.63, 3.8) is 0 Å². The molecular formula is C19H17N3O4. The number of hydrogen-bond donors (Lipinski definition) is 1. The molecule has 0 amide bonds. The van der Waals surface area contributed by atoms with Gasteiger partial charge in [0.1, 0.15) is 34.7 Å². The number of benzene rings is 2. The number of anilines is 2. The van der Waals surface area contributed by atoms with Crippen LogP contribution < -0.4 is 19.5 Å². The SMILES string of the molecule is COc1cc(Nc2ncnc3c2oc2cc(OC)ccc23)cc(OC)c1. The highest BCUT2D eigenvalue weighted by Crippen LogP contribution is 2.35. The molecule has 0 bridgehead atoms. The second kappa shape index (κ2) is 6.44. The van der Waals surface area contributed by atoms with E-state index in [1.807, 2.05) is 30.3 Å². The first-order valence-corrected chi connectivity index (χ1v) is 7.93. The average molecular weight is 351 g/mol. The molecule has 4 aromatic rings. The fourth-order valence-corrected chi connectivity index (χ4v) is 2.79. The van der Waals surface area contributed by atoms with Crippen LogP contribution in [0.1, 0.15) is 0 Å². The lowest BCUT2D eigenvalue weighted by atomic mass is 10.2. The topological polar surface area (TPSA) is 78.6 Å². The summed E-state index contributed by atoms with van der Waals surface area (Å²) in [6, 6.07) is 11.1. The van der Waals surface area contributed by atoms with Gasteiger partial charge in [0.15, 0.2) is 11.4 Å². The molecule has 4 rings (SSSR count). The molecule has 0 aliphatic heterocycles. The molecule has 132 valence electrons. The van der Waals surface area contributed by atoms with Gasteiger partial charge in [-0.15, -0.1) is 0 Å². The molecule has 7 nitrogen and oxygen atoms in total. The molecule has 2 aromatic carbocycles. The molecule has 0 atom stereocenters. The number of methoxy groups -OCH3 is 3. The van der Waals surface area contributed by atoms with Gasteiger partial charge in [-0.05, 0) is 12.1 Å². The van der Waals surface area contributed by atoms with E-state index in [-0.39, 0.29) is 0 Å². The summed E-state index contributed by atoms with van der Waals surface area (Å²) in [5.74, 6) is 2.62. The van der Waals surface area contributed by atoms with E-state index in [2.05, 4.69) is 15.3 Å². The normalized spacial score (nSPS) is 10.9. The van der Waals surface area contributed by atoms with Crippen molar-refractivity contribution in [2.75, 3.05) is 26.6 Å². The Kier molecular flexibility index (Phi) is 3.96. The van der Waals surface area contributed by atoms with E-state index in [4.69, 9.17) is 18.6 Å². The maximum Gasteiger partial charge on any atom is 0.196 e. The number of nitrogens with one attached hydrogen (secondary N) is 1. The monoisotopic (exact) mass is 351 g/mol. The summed E-state index contributed by atoms with van der Waals surface area (Å²) in [7, 11) is 4.83. The fraction of sp³-hybridized carbons (Fsp3) is 0.158. The van der Waals surface area contributed by atoms with Gasteiger partial charge in [-0.25, -0.2) is 9.97 Å². The van der Waals surface area contributed by atoms with Crippen LogP contribution in [0.2, 0.25) is 0 Å². The Balaban J connectivity index is 1.82. The first-order chi connectivity index (χ1) is 12.7. The van der Waals surface area contributed by atoms with E-state index >= 15 is 0 Å². The smallest absolute Gasteiger partial charge is 0.196 e. The Labute approximate surface area is 149 Å². The van der Waals surface area contributed by atoms with Crippen LogP contribution in [0.25, 0.3) is 22.1 Å². The Morgan fingerprint density at radius 3 is 2.27 bits per heavy atom. The fourth-order valence-electron chi connectivity index (χ4n) is 2.79. The molecule has 0 aliphatic rings. The Bertz CT molecular complexity index is 1070. The molecule has 2 aromatic heterocycles. The molecule has 0 spiro atoms. The van der Waals surface area contributed by atoms with E-state index < -0.39 is 0 Å². The highest BCUT2D eigenvalue weighted by Gasteiger charge is 2.14. The summed E-state index contributed by atoms with van der Waals surface area (Å²) in [5.41, 5.74) is 2.75. The van der Waals surface area contributed by atoms with E-state index in [0.717, 1.165) is 22.3 Å². The van der Waals surface area contributed by atoms with Crippen molar-refractivity contribution >= 4 is 33.6 Å². The van der Waals surface area contributed by atoms with Crippen molar-refractivity contribution < 1.29 is 18.6 Å². The Hall–Kier alpha value is -3.48. The average Bonchev–Trinajstić information content (AvgIpc) is 3.06. The summed E-state index contributed by atoms with van der Waals surface area (Å²) in [6.07, 6.45) is 1.50. The Morgan fingerprint density at radius 2 is 1.58 bits per heavy atom. The van der Waals surface area contributed by atoms with Crippen LogP contribution in [0, 0.1) is 0 Å². The Morgan fingerprint density at radius 1 is 0.846 bits per heavy atom. The minimum absolute atomic E-state index is 0.556. The van der Waals surface area contributed by atoms with Gasteiger partial charge in [-0.1, -0.05) is 0 Å². The van der Waals surface area contributed by atoms with E-state index in [0.29, 0.717) is 28.5 Å². The van der Waals surface area contributed by atoms with Gasteiger partial charge in [0.05, 0.1) is 21.3 Å². The first kappa shape index (κ1) is 16.0. The maximum absolute atomic E-state index is 5.98. The van der Waals surface area contributed by atoms with Gasteiger partial charge in [0, 0.05) is 35.3 Å². The second-order valence-corrected chi connectivity index (χ2v) is 5.59. The highest BCUT2D eigenvalue weighted by atomic mass is 16.5. The summed E-state index contributed by atoms with van der Waals surface area (Å²) in [6.45, 7) is 0. The van der Waals surface area contributed by atoms with Gasteiger partial charge in [-0.3, -0.25) is 0 Å². The number of nitrogens with zero attached hydrogens (tertiary/aromatic N) is 2. The molecule has 0 unspecified atom stereocenters. The first-order valence-electron chi connectivity index (χ1n) is 7.93. The van der Waals surface area contributed by atoms with Crippen molar-refractivity contribution in [1.29, 1.82) is 0 Å². The van der Waals surface area contributed by atoms with Crippen LogP contribution in [0.15, 0.2) is 47.1 Å². The predicted molar refractivity (Wildman–Crippen MR) is 98.7 cm³/mol. The molecular weight excluding hydrogens is 334 g/mol. The van der Waals surface area contributed by atoms with Crippen LogP contribution in [-0.2, 0) is 0 Å². The number of rotatable bonds is 5. The zero-order valence-corrected chi connectivity index (χ0v) is 14.6. The third kappa shape index (κ3) is 2.73. The van der Waals surface area contributed by atoms with Crippen LogP contribution in [0.3, 0.4) is 0 Å². The van der Waals surface area contributed by atoms with Gasteiger partial charge < -0.3 is 23.9 Å². The number of furan rings is 1. The summed E-state index contributed by atoms with van der Waals surface area (Å²) in [4.78, 5) is 8.68. The lowest BCUT2D eigenvalue weighted by Crippen LogP contribution is -1.96. The molecule has 0 radical (unpaired) electrons. The lowest BCUT2D eigenvalue weighted by molar-refractivity contribution is 0.395. The molecule has 0 saturated carbocycles. The molecule has 0 saturated heterocycles. The molecule has 0 fully saturated rings. The van der Waals surface area contributed by atoms with Crippen molar-refractivity contribution in [3.05, 3.63) is 42.7 Å². The number of aromatic nitrogens is 2. The minimum Gasteiger partial charge on any atom is -0.497 e. The standard InChI is InChI=1S/C19H17N3O4/c1-23-12-4-5-15-16(9-12)26-18-17(15)20-10-21-19(18)22-11-6-13(24-2)8-14(7-11)25-3/h4-10H,1-3H3,(H,20,21,22). The molecule has 2 heterocycles. The quantitative estimate of drug-likeness (QED) is 0.579. The van der Waals surface area contributed by atoms with Gasteiger partial charge in [-0.2, -0.15) is 0 Å². The summed E-state index contributed by atoms with van der Waals surface area (Å²) < 4.78 is 21.8. The van der Waals surface area contributed by atoms with E-state index in [1.165, 1.54) is 6.33 Å². The lowest BCUT2D eigenvalue weighted by Gasteiger charge is -2.10. The van der Waals surface area contributed by atoms with Crippen LogP contribution in [0.5, 0.6) is 17.2 Å². The molecule has 7 heteroatoms. The third-order valence-corrected chi connectivity index (χ3v) is 4.07. The summed E-state index contributed by atoms with van der Waals surface area (Å²) >= 11 is 0. The molecule has 26 heavy (non-hydrogen) atoms. The third-order valence-electron chi connectivity index (χ3n) is 4.07. The highest BCUT2D eigenvalue weighted by molar-refractivity contribution is 6.06. The van der Waals surface area contributed by atoms with E-state index in [1.54, 1.807) is 27.4 Å². The number of ether oxygens (including phenoxy) is 3. The maximum atomic E-state index is 5.98. The number of fused-ring (bicyclic) bond motifs is 3. The van der Waals surface area contributed by atoms with Crippen molar-refractivity contribution in [2.24, 2.45) is 0 Å². The van der Waals surface area contributed by atoms with E-state index in [9.17, 15) is 0 Å². The molecule has 1 N–H and O–H groups in total. The van der Waals surface area contributed by atoms with Gasteiger partial charge in [0.2, 0.25) is 0 Å². The second-order valence-electron chi connectivity index (χ2n) is 5.59. The van der Waals surface area contributed by atoms with Crippen molar-refractivity contribution in [2.45, 2.75) is 0 Å². The zero-order chi connectivity index (χ0) is 18.1. The van der Waals surface area contributed by atoms with Gasteiger partial charge >= 0.3 is 0 Å². The van der Waals surface area contributed by atoms with Gasteiger partial charge in [0.25, 0.3) is 0 Å². The largest absolute Gasteiger partial charge is 0.497 e.